The van der Waals surface area contributed by atoms with Crippen molar-refractivity contribution in [3.8, 4) is 0 Å². The van der Waals surface area contributed by atoms with Gasteiger partial charge in [0.25, 0.3) is 0 Å². The monoisotopic (exact) mass is 178 g/mol. The molecule has 1 nitrogen and oxygen atoms in total. The van der Waals surface area contributed by atoms with Crippen LogP contribution in [0.4, 0.5) is 0 Å². The van der Waals surface area contributed by atoms with Crippen LogP contribution in [-0.4, -0.2) is 11.2 Å². The first-order valence-electron chi connectivity index (χ1n) is 5.54. The quantitative estimate of drug-likeness (QED) is 0.565. The van der Waals surface area contributed by atoms with E-state index in [9.17, 15) is 5.11 Å². The second kappa shape index (κ2) is 2.20. The van der Waals surface area contributed by atoms with Crippen molar-refractivity contribution in [1.82, 2.24) is 0 Å². The predicted molar refractivity (Wildman–Crippen MR) is 52.3 cm³/mol. The van der Waals surface area contributed by atoms with Gasteiger partial charge in [-0.2, -0.15) is 0 Å². The Morgan fingerprint density at radius 1 is 1.31 bits per heavy atom. The molecule has 0 aromatic carbocycles. The molecule has 72 valence electrons. The molecule has 4 atom stereocenters. The highest BCUT2D eigenvalue weighted by Gasteiger charge is 2.63. The van der Waals surface area contributed by atoms with Gasteiger partial charge in [0.05, 0.1) is 6.10 Å². The minimum Gasteiger partial charge on any atom is -0.393 e. The molecule has 2 fully saturated rings. The van der Waals surface area contributed by atoms with E-state index in [4.69, 9.17) is 0 Å². The van der Waals surface area contributed by atoms with Crippen LogP contribution in [0.25, 0.3) is 0 Å². The Labute approximate surface area is 79.8 Å². The van der Waals surface area contributed by atoms with Gasteiger partial charge in [-0.05, 0) is 48.9 Å². The summed E-state index contributed by atoms with van der Waals surface area (Å²) in [5, 5.41) is 10.1. The van der Waals surface area contributed by atoms with E-state index < -0.39 is 0 Å². The van der Waals surface area contributed by atoms with E-state index in [1.807, 2.05) is 0 Å². The Hall–Kier alpha value is -0.300. The van der Waals surface area contributed by atoms with Gasteiger partial charge in [-0.1, -0.05) is 19.1 Å². The predicted octanol–water partition coefficient (Wildman–Crippen LogP) is 2.50. The van der Waals surface area contributed by atoms with Gasteiger partial charge in [0.1, 0.15) is 0 Å². The van der Waals surface area contributed by atoms with Crippen LogP contribution in [0.1, 0.15) is 39.0 Å². The molecule has 0 saturated heterocycles. The van der Waals surface area contributed by atoms with Crippen molar-refractivity contribution in [2.24, 2.45) is 16.7 Å². The zero-order valence-corrected chi connectivity index (χ0v) is 8.29. The third kappa shape index (κ3) is 0.698. The van der Waals surface area contributed by atoms with E-state index in [0.717, 1.165) is 12.3 Å². The van der Waals surface area contributed by atoms with Crippen molar-refractivity contribution in [3.05, 3.63) is 12.2 Å². The maximum atomic E-state index is 10.1. The Balaban J connectivity index is 2.07. The molecule has 0 aliphatic heterocycles. The highest BCUT2D eigenvalue weighted by Crippen LogP contribution is 2.69. The van der Waals surface area contributed by atoms with Crippen molar-refractivity contribution in [2.75, 3.05) is 0 Å². The standard InChI is InChI=1S/C12H18O/c1-11-7-4-9-3-2-6-12(9,11)8-5-10(11)13/h2-3,9-10,13H,4-8H2,1H3. The molecule has 0 aromatic heterocycles. The summed E-state index contributed by atoms with van der Waals surface area (Å²) in [6.45, 7) is 2.32. The number of aliphatic hydroxyl groups is 1. The molecule has 3 rings (SSSR count). The van der Waals surface area contributed by atoms with Crippen LogP contribution in [-0.2, 0) is 0 Å². The van der Waals surface area contributed by atoms with Gasteiger partial charge in [-0.25, -0.2) is 0 Å². The zero-order valence-electron chi connectivity index (χ0n) is 8.29. The zero-order chi connectivity index (χ0) is 9.10. The fourth-order valence-corrected chi connectivity index (χ4v) is 4.30. The molecular formula is C12H18O. The first-order chi connectivity index (χ1) is 6.19. The molecule has 0 heterocycles. The lowest BCUT2D eigenvalue weighted by molar-refractivity contribution is 0.00659. The van der Waals surface area contributed by atoms with Crippen LogP contribution in [0.5, 0.6) is 0 Å². The summed E-state index contributed by atoms with van der Waals surface area (Å²) in [7, 11) is 0. The normalized spacial score (nSPS) is 58.3. The third-order valence-electron chi connectivity index (χ3n) is 5.27. The van der Waals surface area contributed by atoms with Crippen molar-refractivity contribution in [2.45, 2.75) is 45.1 Å². The Bertz CT molecular complexity index is 270. The molecule has 3 aliphatic carbocycles. The van der Waals surface area contributed by atoms with Crippen LogP contribution < -0.4 is 0 Å². The van der Waals surface area contributed by atoms with Crippen LogP contribution >= 0.6 is 0 Å². The molecule has 0 aromatic rings. The van der Waals surface area contributed by atoms with Gasteiger partial charge in [-0.15, -0.1) is 0 Å². The summed E-state index contributed by atoms with van der Waals surface area (Å²) in [4.78, 5) is 0. The molecule has 2 saturated carbocycles. The van der Waals surface area contributed by atoms with E-state index >= 15 is 0 Å². The molecule has 1 spiro atoms. The van der Waals surface area contributed by atoms with E-state index in [-0.39, 0.29) is 11.5 Å². The van der Waals surface area contributed by atoms with Gasteiger partial charge in [0.2, 0.25) is 0 Å². The minimum atomic E-state index is -0.0302. The fraction of sp³-hybridized carbons (Fsp3) is 0.833. The molecular weight excluding hydrogens is 160 g/mol. The summed E-state index contributed by atoms with van der Waals surface area (Å²) >= 11 is 0. The average Bonchev–Trinajstić information content (AvgIpc) is 2.68. The Kier molecular flexibility index (Phi) is 1.36. The first-order valence-corrected chi connectivity index (χ1v) is 5.54. The van der Waals surface area contributed by atoms with E-state index in [1.165, 1.54) is 25.7 Å². The molecule has 4 unspecified atom stereocenters. The van der Waals surface area contributed by atoms with Crippen LogP contribution in [0.2, 0.25) is 0 Å². The van der Waals surface area contributed by atoms with Crippen molar-refractivity contribution in [3.63, 3.8) is 0 Å². The minimum absolute atomic E-state index is 0.0302. The van der Waals surface area contributed by atoms with Gasteiger partial charge < -0.3 is 5.11 Å². The van der Waals surface area contributed by atoms with Gasteiger partial charge in [0, 0.05) is 0 Å². The summed E-state index contributed by atoms with van der Waals surface area (Å²) in [6, 6.07) is 0. The molecule has 0 bridgehead atoms. The lowest BCUT2D eigenvalue weighted by atomic mass is 9.65. The molecule has 0 amide bonds. The van der Waals surface area contributed by atoms with Gasteiger partial charge in [-0.3, -0.25) is 0 Å². The first kappa shape index (κ1) is 8.05. The maximum Gasteiger partial charge on any atom is 0.0599 e. The Morgan fingerprint density at radius 2 is 2.15 bits per heavy atom. The highest BCUT2D eigenvalue weighted by molar-refractivity contribution is 5.22. The summed E-state index contributed by atoms with van der Waals surface area (Å²) in [6.07, 6.45) is 10.8. The molecule has 1 heteroatoms. The van der Waals surface area contributed by atoms with Crippen LogP contribution in [0, 0.1) is 16.7 Å². The molecule has 1 N–H and O–H groups in total. The number of hydrogen-bond donors (Lipinski definition) is 1. The highest BCUT2D eigenvalue weighted by atomic mass is 16.3. The van der Waals surface area contributed by atoms with Gasteiger partial charge >= 0.3 is 0 Å². The molecule has 0 radical (unpaired) electrons. The summed E-state index contributed by atoms with van der Waals surface area (Å²) in [5.41, 5.74) is 0.702. The van der Waals surface area contributed by atoms with E-state index in [0.29, 0.717) is 5.41 Å². The SMILES string of the molecule is CC12CCC3C=CCC31CCC2O. The van der Waals surface area contributed by atoms with Crippen molar-refractivity contribution in [1.29, 1.82) is 0 Å². The van der Waals surface area contributed by atoms with Crippen molar-refractivity contribution >= 4 is 0 Å². The van der Waals surface area contributed by atoms with Crippen LogP contribution in [0.3, 0.4) is 0 Å². The summed E-state index contributed by atoms with van der Waals surface area (Å²) in [5.74, 6) is 0.787. The second-order valence-corrected chi connectivity index (χ2v) is 5.41. The van der Waals surface area contributed by atoms with Gasteiger partial charge in [0.15, 0.2) is 0 Å². The van der Waals surface area contributed by atoms with Crippen LogP contribution in [0.15, 0.2) is 12.2 Å². The smallest absolute Gasteiger partial charge is 0.0599 e. The van der Waals surface area contributed by atoms with Crippen molar-refractivity contribution < 1.29 is 5.11 Å². The lowest BCUT2D eigenvalue weighted by Crippen LogP contribution is -2.37. The number of allylic oxidation sites excluding steroid dienone is 2. The molecule has 3 aliphatic rings. The van der Waals surface area contributed by atoms with E-state index in [1.54, 1.807) is 0 Å². The summed E-state index contributed by atoms with van der Waals surface area (Å²) < 4.78 is 0. The molecule has 13 heavy (non-hydrogen) atoms. The largest absolute Gasteiger partial charge is 0.393 e. The number of hydrogen-bond acceptors (Lipinski definition) is 1. The average molecular weight is 178 g/mol. The number of aliphatic hydroxyl groups excluding tert-OH is 1. The topological polar surface area (TPSA) is 20.2 Å². The lowest BCUT2D eigenvalue weighted by Gasteiger charge is -2.39. The Morgan fingerprint density at radius 3 is 3.00 bits per heavy atom. The fourth-order valence-electron chi connectivity index (χ4n) is 4.30. The number of rotatable bonds is 0. The maximum absolute atomic E-state index is 10.1. The second-order valence-electron chi connectivity index (χ2n) is 5.41. The third-order valence-corrected chi connectivity index (χ3v) is 5.27. The van der Waals surface area contributed by atoms with E-state index in [2.05, 4.69) is 19.1 Å².